The van der Waals surface area contributed by atoms with E-state index in [0.717, 1.165) is 12.7 Å². The van der Waals surface area contributed by atoms with Gasteiger partial charge in [0.1, 0.15) is 6.29 Å². The SMILES string of the molecule is C=CC#C/C=C/CCC=O. The molecule has 0 aromatic rings. The van der Waals surface area contributed by atoms with Crippen LogP contribution >= 0.6 is 0 Å². The molecule has 0 amide bonds. The van der Waals surface area contributed by atoms with Gasteiger partial charge in [0.15, 0.2) is 0 Å². The van der Waals surface area contributed by atoms with Crippen LogP contribution in [-0.4, -0.2) is 6.29 Å². The Hall–Kier alpha value is -1.29. The number of carbonyl (C=O) groups excluding carboxylic acids is 1. The second kappa shape index (κ2) is 7.71. The van der Waals surface area contributed by atoms with E-state index in [1.54, 1.807) is 6.08 Å². The van der Waals surface area contributed by atoms with Crippen molar-refractivity contribution >= 4 is 6.29 Å². The maximum Gasteiger partial charge on any atom is 0.120 e. The molecule has 52 valence electrons. The van der Waals surface area contributed by atoms with E-state index >= 15 is 0 Å². The number of rotatable bonds is 3. The van der Waals surface area contributed by atoms with Gasteiger partial charge in [0.05, 0.1) is 0 Å². The van der Waals surface area contributed by atoms with Crippen LogP contribution in [0.2, 0.25) is 0 Å². The molecular formula is C9H10O. The Morgan fingerprint density at radius 3 is 2.70 bits per heavy atom. The number of allylic oxidation sites excluding steroid dienone is 3. The molecule has 10 heavy (non-hydrogen) atoms. The van der Waals surface area contributed by atoms with E-state index in [4.69, 9.17) is 0 Å². The summed E-state index contributed by atoms with van der Waals surface area (Å²) in [6, 6.07) is 0. The van der Waals surface area contributed by atoms with E-state index in [-0.39, 0.29) is 0 Å². The van der Waals surface area contributed by atoms with Crippen LogP contribution < -0.4 is 0 Å². The Balaban J connectivity index is 3.36. The zero-order chi connectivity index (χ0) is 7.66. The van der Waals surface area contributed by atoms with Gasteiger partial charge in [-0.3, -0.25) is 0 Å². The maximum absolute atomic E-state index is 9.81. The highest BCUT2D eigenvalue weighted by Crippen LogP contribution is 1.84. The summed E-state index contributed by atoms with van der Waals surface area (Å²) in [5.41, 5.74) is 0. The molecule has 0 aliphatic carbocycles. The lowest BCUT2D eigenvalue weighted by atomic mass is 10.3. The van der Waals surface area contributed by atoms with Gasteiger partial charge in [0.2, 0.25) is 0 Å². The topological polar surface area (TPSA) is 17.1 Å². The molecule has 0 aliphatic rings. The summed E-state index contributed by atoms with van der Waals surface area (Å²) in [5.74, 6) is 5.39. The minimum absolute atomic E-state index is 0.576. The summed E-state index contributed by atoms with van der Waals surface area (Å²) >= 11 is 0. The molecule has 0 saturated carbocycles. The fourth-order valence-corrected chi connectivity index (χ4v) is 0.414. The third-order valence-corrected chi connectivity index (χ3v) is 0.838. The van der Waals surface area contributed by atoms with Crippen LogP contribution in [0.15, 0.2) is 24.8 Å². The highest BCUT2D eigenvalue weighted by atomic mass is 16.1. The molecule has 0 spiro atoms. The average Bonchev–Trinajstić information content (AvgIpc) is 1.97. The van der Waals surface area contributed by atoms with Crippen LogP contribution in [0.1, 0.15) is 12.8 Å². The second-order valence-corrected chi connectivity index (χ2v) is 1.64. The molecule has 0 saturated heterocycles. The highest BCUT2D eigenvalue weighted by molar-refractivity contribution is 5.49. The van der Waals surface area contributed by atoms with Crippen LogP contribution in [0.4, 0.5) is 0 Å². The van der Waals surface area contributed by atoms with Gasteiger partial charge < -0.3 is 4.79 Å². The molecule has 0 atom stereocenters. The second-order valence-electron chi connectivity index (χ2n) is 1.64. The smallest absolute Gasteiger partial charge is 0.120 e. The third kappa shape index (κ3) is 6.71. The largest absolute Gasteiger partial charge is 0.303 e. The van der Waals surface area contributed by atoms with Crippen molar-refractivity contribution in [2.75, 3.05) is 0 Å². The van der Waals surface area contributed by atoms with Crippen molar-refractivity contribution in [1.82, 2.24) is 0 Å². The molecule has 0 heterocycles. The van der Waals surface area contributed by atoms with Crippen LogP contribution in [0, 0.1) is 11.8 Å². The minimum Gasteiger partial charge on any atom is -0.303 e. The molecule has 0 N–H and O–H groups in total. The van der Waals surface area contributed by atoms with Crippen LogP contribution in [0.3, 0.4) is 0 Å². The molecular weight excluding hydrogens is 124 g/mol. The number of carbonyl (C=O) groups is 1. The molecule has 0 bridgehead atoms. The number of hydrogen-bond acceptors (Lipinski definition) is 1. The Morgan fingerprint density at radius 1 is 1.30 bits per heavy atom. The number of aldehydes is 1. The first-order valence-electron chi connectivity index (χ1n) is 3.12. The lowest BCUT2D eigenvalue weighted by Gasteiger charge is -1.76. The summed E-state index contributed by atoms with van der Waals surface area (Å²) in [6.07, 6.45) is 7.37. The standard InChI is InChI=1S/C9H10O/c1-2-3-4-5-6-7-8-9-10/h2,5-6,9H,1,7-8H2/b6-5+. The van der Waals surface area contributed by atoms with Crippen LogP contribution in [0.25, 0.3) is 0 Å². The zero-order valence-electron chi connectivity index (χ0n) is 5.84. The van der Waals surface area contributed by atoms with Crippen molar-refractivity contribution in [2.24, 2.45) is 0 Å². The van der Waals surface area contributed by atoms with Gasteiger partial charge >= 0.3 is 0 Å². The predicted molar refractivity (Wildman–Crippen MR) is 42.4 cm³/mol. The van der Waals surface area contributed by atoms with E-state index in [9.17, 15) is 4.79 Å². The van der Waals surface area contributed by atoms with Crippen molar-refractivity contribution in [3.8, 4) is 11.8 Å². The third-order valence-electron chi connectivity index (χ3n) is 0.838. The van der Waals surface area contributed by atoms with E-state index < -0.39 is 0 Å². The normalized spacial score (nSPS) is 8.40. The lowest BCUT2D eigenvalue weighted by Crippen LogP contribution is -1.68. The first-order chi connectivity index (χ1) is 4.91. The van der Waals surface area contributed by atoms with Gasteiger partial charge in [-0.25, -0.2) is 0 Å². The monoisotopic (exact) mass is 134 g/mol. The number of unbranched alkanes of at least 4 members (excludes halogenated alkanes) is 1. The van der Waals surface area contributed by atoms with Gasteiger partial charge in [0, 0.05) is 6.42 Å². The summed E-state index contributed by atoms with van der Waals surface area (Å²) < 4.78 is 0. The van der Waals surface area contributed by atoms with Gasteiger partial charge in [-0.1, -0.05) is 24.5 Å². The van der Waals surface area contributed by atoms with Crippen molar-refractivity contribution in [3.05, 3.63) is 24.8 Å². The Morgan fingerprint density at radius 2 is 2.10 bits per heavy atom. The molecule has 0 fully saturated rings. The maximum atomic E-state index is 9.81. The van der Waals surface area contributed by atoms with Crippen molar-refractivity contribution in [2.45, 2.75) is 12.8 Å². The molecule has 1 nitrogen and oxygen atoms in total. The van der Waals surface area contributed by atoms with E-state index in [0.29, 0.717) is 6.42 Å². The summed E-state index contributed by atoms with van der Waals surface area (Å²) in [7, 11) is 0. The predicted octanol–water partition coefficient (Wildman–Crippen LogP) is 1.71. The summed E-state index contributed by atoms with van der Waals surface area (Å²) in [5, 5.41) is 0. The van der Waals surface area contributed by atoms with Crippen molar-refractivity contribution in [3.63, 3.8) is 0 Å². The van der Waals surface area contributed by atoms with E-state index in [2.05, 4.69) is 18.4 Å². The van der Waals surface area contributed by atoms with E-state index in [1.165, 1.54) is 6.08 Å². The molecule has 0 radical (unpaired) electrons. The molecule has 0 rings (SSSR count). The fraction of sp³-hybridized carbons (Fsp3) is 0.222. The first kappa shape index (κ1) is 8.71. The van der Waals surface area contributed by atoms with Gasteiger partial charge in [0.25, 0.3) is 0 Å². The highest BCUT2D eigenvalue weighted by Gasteiger charge is 1.73. The summed E-state index contributed by atoms with van der Waals surface area (Å²) in [6.45, 7) is 3.43. The molecule has 1 heteroatoms. The Bertz CT molecular complexity index is 179. The lowest BCUT2D eigenvalue weighted by molar-refractivity contribution is -0.107. The molecule has 0 unspecified atom stereocenters. The molecule has 0 aromatic heterocycles. The minimum atomic E-state index is 0.576. The summed E-state index contributed by atoms with van der Waals surface area (Å²) in [4.78, 5) is 9.81. The average molecular weight is 134 g/mol. The Kier molecular flexibility index (Phi) is 6.72. The molecule has 0 aromatic carbocycles. The van der Waals surface area contributed by atoms with Gasteiger partial charge in [-0.05, 0) is 18.6 Å². The van der Waals surface area contributed by atoms with Crippen LogP contribution in [-0.2, 0) is 4.79 Å². The number of hydrogen-bond donors (Lipinski definition) is 0. The van der Waals surface area contributed by atoms with Gasteiger partial charge in [-0.15, -0.1) is 0 Å². The quantitative estimate of drug-likeness (QED) is 0.326. The van der Waals surface area contributed by atoms with Crippen LogP contribution in [0.5, 0.6) is 0 Å². The Labute approximate surface area is 61.4 Å². The zero-order valence-corrected chi connectivity index (χ0v) is 5.84. The van der Waals surface area contributed by atoms with Crippen molar-refractivity contribution in [1.29, 1.82) is 0 Å². The van der Waals surface area contributed by atoms with E-state index in [1.807, 2.05) is 6.08 Å². The fourth-order valence-electron chi connectivity index (χ4n) is 0.414. The van der Waals surface area contributed by atoms with Crippen molar-refractivity contribution < 1.29 is 4.79 Å². The van der Waals surface area contributed by atoms with Gasteiger partial charge in [-0.2, -0.15) is 0 Å². The first-order valence-corrected chi connectivity index (χ1v) is 3.12. The molecule has 0 aliphatic heterocycles.